The molecular weight excluding hydrogens is 262 g/mol. The fraction of sp³-hybridized carbons (Fsp3) is 0.545. The fourth-order valence-electron chi connectivity index (χ4n) is 1.20. The van der Waals surface area contributed by atoms with E-state index in [1.54, 1.807) is 11.3 Å². The maximum Gasteiger partial charge on any atom is 0.233 e. The average molecular weight is 278 g/mol. The number of thiophene rings is 1. The molecule has 0 aliphatic carbocycles. The van der Waals surface area contributed by atoms with E-state index in [1.165, 1.54) is 4.88 Å². The van der Waals surface area contributed by atoms with Crippen LogP contribution in [0.25, 0.3) is 0 Å². The van der Waals surface area contributed by atoms with E-state index in [2.05, 4.69) is 17.9 Å². The van der Waals surface area contributed by atoms with E-state index < -0.39 is 0 Å². The van der Waals surface area contributed by atoms with Gasteiger partial charge in [-0.2, -0.15) is 12.6 Å². The molecule has 0 saturated carbocycles. The van der Waals surface area contributed by atoms with E-state index in [1.807, 2.05) is 26.0 Å². The van der Waals surface area contributed by atoms with Crippen molar-refractivity contribution in [3.63, 3.8) is 0 Å². The zero-order valence-corrected chi connectivity index (χ0v) is 11.8. The second kappa shape index (κ2) is 6.52. The summed E-state index contributed by atoms with van der Waals surface area (Å²) in [4.78, 5) is 12.8. The Kier molecular flexibility index (Phi) is 5.66. The Morgan fingerprint density at radius 1 is 1.56 bits per heavy atom. The van der Waals surface area contributed by atoms with Crippen molar-refractivity contribution in [1.29, 1.82) is 0 Å². The van der Waals surface area contributed by atoms with Crippen molar-refractivity contribution in [3.05, 3.63) is 21.3 Å². The number of nitrogens with one attached hydrogen (secondary N) is 1. The molecule has 2 nitrogen and oxygen atoms in total. The van der Waals surface area contributed by atoms with Crippen LogP contribution in [-0.4, -0.2) is 17.7 Å². The first-order valence-corrected chi connectivity index (χ1v) is 6.91. The van der Waals surface area contributed by atoms with Crippen molar-refractivity contribution in [2.24, 2.45) is 5.92 Å². The number of amides is 1. The minimum atomic E-state index is -0.230. The second-order valence-corrected chi connectivity index (χ2v) is 6.29. The molecule has 0 aliphatic rings. The Morgan fingerprint density at radius 2 is 2.25 bits per heavy atom. The highest BCUT2D eigenvalue weighted by molar-refractivity contribution is 7.81. The van der Waals surface area contributed by atoms with E-state index in [-0.39, 0.29) is 17.1 Å². The minimum Gasteiger partial charge on any atom is -0.355 e. The molecular formula is C11H16ClNOS2. The topological polar surface area (TPSA) is 29.1 Å². The summed E-state index contributed by atoms with van der Waals surface area (Å²) < 4.78 is 0.788. The largest absolute Gasteiger partial charge is 0.355 e. The summed E-state index contributed by atoms with van der Waals surface area (Å²) in [7, 11) is 0. The lowest BCUT2D eigenvalue weighted by molar-refractivity contribution is -0.121. The highest BCUT2D eigenvalue weighted by Gasteiger charge is 2.16. The van der Waals surface area contributed by atoms with E-state index >= 15 is 0 Å². The lowest BCUT2D eigenvalue weighted by atomic mass is 10.1. The average Bonchev–Trinajstić information content (AvgIpc) is 2.62. The molecule has 0 aromatic carbocycles. The molecule has 1 atom stereocenters. The summed E-state index contributed by atoms with van der Waals surface area (Å²) >= 11 is 11.6. The van der Waals surface area contributed by atoms with Crippen LogP contribution in [0.4, 0.5) is 0 Å². The van der Waals surface area contributed by atoms with Crippen molar-refractivity contribution in [3.8, 4) is 0 Å². The first-order chi connectivity index (χ1) is 7.50. The van der Waals surface area contributed by atoms with Crippen molar-refractivity contribution < 1.29 is 4.79 Å². The van der Waals surface area contributed by atoms with Gasteiger partial charge in [0, 0.05) is 11.4 Å². The normalized spacial score (nSPS) is 12.8. The first-order valence-electron chi connectivity index (χ1n) is 5.20. The van der Waals surface area contributed by atoms with Gasteiger partial charge in [-0.1, -0.05) is 25.4 Å². The maximum absolute atomic E-state index is 11.6. The standard InChI is InChI=1S/C11H16ClNOS2/c1-7(2)10(15)11(14)13-6-5-8-3-4-9(12)16-8/h3-4,7,10,15H,5-6H2,1-2H3,(H,13,14). The van der Waals surface area contributed by atoms with E-state index in [4.69, 9.17) is 11.6 Å². The van der Waals surface area contributed by atoms with Gasteiger partial charge in [-0.05, 0) is 24.5 Å². The highest BCUT2D eigenvalue weighted by Crippen LogP contribution is 2.21. The Balaban J connectivity index is 2.28. The molecule has 1 aromatic rings. The van der Waals surface area contributed by atoms with Crippen LogP contribution >= 0.6 is 35.6 Å². The molecule has 1 rings (SSSR count). The lowest BCUT2D eigenvalue weighted by Gasteiger charge is -2.14. The van der Waals surface area contributed by atoms with Gasteiger partial charge in [0.05, 0.1) is 9.59 Å². The van der Waals surface area contributed by atoms with Gasteiger partial charge in [-0.15, -0.1) is 11.3 Å². The van der Waals surface area contributed by atoms with E-state index in [0.717, 1.165) is 10.8 Å². The molecule has 1 N–H and O–H groups in total. The first kappa shape index (κ1) is 13.9. The number of thiol groups is 1. The zero-order valence-electron chi connectivity index (χ0n) is 9.37. The molecule has 1 amide bonds. The third-order valence-electron chi connectivity index (χ3n) is 2.20. The van der Waals surface area contributed by atoms with Crippen molar-refractivity contribution in [2.75, 3.05) is 6.54 Å². The smallest absolute Gasteiger partial charge is 0.233 e. The van der Waals surface area contributed by atoms with Gasteiger partial charge in [0.1, 0.15) is 0 Å². The molecule has 0 spiro atoms. The monoisotopic (exact) mass is 277 g/mol. The number of rotatable bonds is 5. The molecule has 1 aromatic heterocycles. The molecule has 1 heterocycles. The summed E-state index contributed by atoms with van der Waals surface area (Å²) in [5, 5.41) is 2.64. The fourth-order valence-corrected chi connectivity index (χ4v) is 2.38. The number of hydrogen-bond acceptors (Lipinski definition) is 3. The van der Waals surface area contributed by atoms with Gasteiger partial charge in [0.25, 0.3) is 0 Å². The van der Waals surface area contributed by atoms with E-state index in [9.17, 15) is 4.79 Å². The number of hydrogen-bond donors (Lipinski definition) is 2. The highest BCUT2D eigenvalue weighted by atomic mass is 35.5. The molecule has 0 saturated heterocycles. The number of halogens is 1. The van der Waals surface area contributed by atoms with E-state index in [0.29, 0.717) is 6.54 Å². The Labute approximate surface area is 111 Å². The summed E-state index contributed by atoms with van der Waals surface area (Å²) in [5.41, 5.74) is 0. The van der Waals surface area contributed by atoms with Gasteiger partial charge in [0.2, 0.25) is 5.91 Å². The van der Waals surface area contributed by atoms with Gasteiger partial charge >= 0.3 is 0 Å². The van der Waals surface area contributed by atoms with Gasteiger partial charge in [-0.3, -0.25) is 4.79 Å². The second-order valence-electron chi connectivity index (χ2n) is 3.94. The molecule has 90 valence electrons. The SMILES string of the molecule is CC(C)C(S)C(=O)NCCc1ccc(Cl)s1. The molecule has 0 radical (unpaired) electrons. The predicted molar refractivity (Wildman–Crippen MR) is 73.7 cm³/mol. The van der Waals surface area contributed by atoms with Crippen molar-refractivity contribution in [2.45, 2.75) is 25.5 Å². The minimum absolute atomic E-state index is 0.000913. The molecule has 16 heavy (non-hydrogen) atoms. The van der Waals surface area contributed by atoms with Gasteiger partial charge in [0.15, 0.2) is 0 Å². The molecule has 5 heteroatoms. The number of carbonyl (C=O) groups is 1. The van der Waals surface area contributed by atoms with Crippen LogP contribution < -0.4 is 5.32 Å². The molecule has 1 unspecified atom stereocenters. The van der Waals surface area contributed by atoms with Gasteiger partial charge < -0.3 is 5.32 Å². The van der Waals surface area contributed by atoms with Crippen LogP contribution in [0.1, 0.15) is 18.7 Å². The van der Waals surface area contributed by atoms with Gasteiger partial charge in [-0.25, -0.2) is 0 Å². The third-order valence-corrected chi connectivity index (χ3v) is 4.32. The summed E-state index contributed by atoms with van der Waals surface area (Å²) in [6.07, 6.45) is 0.821. The summed E-state index contributed by atoms with van der Waals surface area (Å²) in [6.45, 7) is 4.60. The molecule has 0 bridgehead atoms. The van der Waals surface area contributed by atoms with Crippen molar-refractivity contribution in [1.82, 2.24) is 5.32 Å². The lowest BCUT2D eigenvalue weighted by Crippen LogP contribution is -2.35. The Hall–Kier alpha value is -0.190. The van der Waals surface area contributed by atoms with Crippen LogP contribution in [0.3, 0.4) is 0 Å². The van der Waals surface area contributed by atoms with Crippen LogP contribution in [-0.2, 0) is 11.2 Å². The third kappa shape index (κ3) is 4.36. The summed E-state index contributed by atoms with van der Waals surface area (Å²) in [6, 6.07) is 3.86. The summed E-state index contributed by atoms with van der Waals surface area (Å²) in [5.74, 6) is 0.250. The van der Waals surface area contributed by atoms with Crippen LogP contribution in [0.5, 0.6) is 0 Å². The quantitative estimate of drug-likeness (QED) is 0.796. The maximum atomic E-state index is 11.6. The Morgan fingerprint density at radius 3 is 2.75 bits per heavy atom. The predicted octanol–water partition coefficient (Wildman–Crippen LogP) is 3.01. The van der Waals surface area contributed by atoms with Crippen LogP contribution in [0, 0.1) is 5.92 Å². The number of carbonyl (C=O) groups excluding carboxylic acids is 1. The molecule has 0 aliphatic heterocycles. The van der Waals surface area contributed by atoms with Crippen molar-refractivity contribution >= 4 is 41.5 Å². The van der Waals surface area contributed by atoms with Crippen LogP contribution in [0.15, 0.2) is 12.1 Å². The molecule has 0 fully saturated rings. The zero-order chi connectivity index (χ0) is 12.1. The Bertz CT molecular complexity index is 352. The van der Waals surface area contributed by atoms with Crippen LogP contribution in [0.2, 0.25) is 4.34 Å².